The molecule has 0 fully saturated rings. The maximum absolute atomic E-state index is 14.0. The third kappa shape index (κ3) is 5.40. The lowest BCUT2D eigenvalue weighted by Crippen LogP contribution is -2.39. The second-order valence-electron chi connectivity index (χ2n) is 10.1. The number of benzene rings is 1. The number of thiophene rings is 1. The van der Waals surface area contributed by atoms with Crippen molar-refractivity contribution in [2.24, 2.45) is 0 Å². The van der Waals surface area contributed by atoms with Gasteiger partial charge in [0.2, 0.25) is 5.91 Å². The number of carbonyl (C=O) groups is 1. The fourth-order valence-electron chi connectivity index (χ4n) is 4.47. The van der Waals surface area contributed by atoms with Gasteiger partial charge in [0.05, 0.1) is 6.54 Å². The molecule has 1 aromatic carbocycles. The van der Waals surface area contributed by atoms with Gasteiger partial charge in [-0.25, -0.2) is 0 Å². The Morgan fingerprint density at radius 3 is 2.58 bits per heavy atom. The number of nitrogens with zero attached hydrogens (tertiary/aromatic N) is 5. The van der Waals surface area contributed by atoms with E-state index in [1.807, 2.05) is 38.9 Å². The van der Waals surface area contributed by atoms with Crippen LogP contribution in [0, 0.1) is 11.3 Å². The number of hydrogen-bond donors (Lipinski definition) is 0. The second-order valence-corrected chi connectivity index (χ2v) is 11.2. The predicted molar refractivity (Wildman–Crippen MR) is 142 cm³/mol. The minimum absolute atomic E-state index is 0.00307. The number of aryl methyl sites for hydroxylation is 1. The summed E-state index contributed by atoms with van der Waals surface area (Å²) in [5, 5.41) is 13.4. The fraction of sp³-hybridized carbons (Fsp3) is 0.393. The molecule has 1 aliphatic heterocycles. The van der Waals surface area contributed by atoms with Crippen LogP contribution in [0.25, 0.3) is 11.1 Å². The van der Waals surface area contributed by atoms with Crippen molar-refractivity contribution in [2.75, 3.05) is 20.6 Å². The summed E-state index contributed by atoms with van der Waals surface area (Å²) < 4.78 is 43.2. The van der Waals surface area contributed by atoms with Crippen LogP contribution in [-0.4, -0.2) is 51.7 Å². The van der Waals surface area contributed by atoms with Gasteiger partial charge in [-0.15, -0.1) is 11.3 Å². The molecule has 0 bridgehead atoms. The summed E-state index contributed by atoms with van der Waals surface area (Å²) in [6.07, 6.45) is 0.204. The number of halogens is 3. The van der Waals surface area contributed by atoms with Gasteiger partial charge in [-0.05, 0) is 57.6 Å². The maximum atomic E-state index is 14.0. The molecule has 0 N–H and O–H groups in total. The Bertz CT molecular complexity index is 1410. The number of rotatable bonds is 6. The van der Waals surface area contributed by atoms with Crippen molar-refractivity contribution in [3.8, 4) is 17.2 Å². The van der Waals surface area contributed by atoms with Crippen LogP contribution in [0.4, 0.5) is 13.2 Å². The molecule has 3 heterocycles. The molecular formula is C28H30F3N5OS. The van der Waals surface area contributed by atoms with Crippen molar-refractivity contribution in [3.63, 3.8) is 0 Å². The fourth-order valence-corrected chi connectivity index (χ4v) is 5.51. The van der Waals surface area contributed by atoms with Crippen LogP contribution >= 0.6 is 11.3 Å². The SMILES string of the molecule is CCn1cc(-c2ccccc2C2CN(C(=O)/C=C/C(C)(C)N(C)C)Cc3sc(C#N)cc32)c(C(F)(F)F)n1. The van der Waals surface area contributed by atoms with E-state index in [1.165, 1.54) is 22.2 Å². The number of fused-ring (bicyclic) bond motifs is 1. The first-order chi connectivity index (χ1) is 17.9. The molecule has 0 spiro atoms. The van der Waals surface area contributed by atoms with E-state index in [-0.39, 0.29) is 23.6 Å². The normalized spacial score (nSPS) is 16.2. The van der Waals surface area contributed by atoms with E-state index in [9.17, 15) is 23.2 Å². The van der Waals surface area contributed by atoms with Gasteiger partial charge in [0, 0.05) is 47.3 Å². The summed E-state index contributed by atoms with van der Waals surface area (Å²) in [6, 6.07) is 10.9. The smallest absolute Gasteiger partial charge is 0.333 e. The Kier molecular flexibility index (Phi) is 7.55. The van der Waals surface area contributed by atoms with Gasteiger partial charge in [-0.2, -0.15) is 23.5 Å². The third-order valence-electron chi connectivity index (χ3n) is 7.14. The highest BCUT2D eigenvalue weighted by Crippen LogP contribution is 2.44. The summed E-state index contributed by atoms with van der Waals surface area (Å²) in [5.74, 6) is -0.590. The average Bonchev–Trinajstić information content (AvgIpc) is 3.51. The lowest BCUT2D eigenvalue weighted by atomic mass is 9.83. The number of alkyl halides is 3. The van der Waals surface area contributed by atoms with Crippen molar-refractivity contribution in [1.82, 2.24) is 19.6 Å². The predicted octanol–water partition coefficient (Wildman–Crippen LogP) is 5.89. The summed E-state index contributed by atoms with van der Waals surface area (Å²) in [4.78, 5) is 18.4. The molecule has 6 nitrogen and oxygen atoms in total. The first kappa shape index (κ1) is 27.6. The molecular weight excluding hydrogens is 511 g/mol. The topological polar surface area (TPSA) is 65.2 Å². The largest absolute Gasteiger partial charge is 0.435 e. The van der Waals surface area contributed by atoms with Crippen LogP contribution in [0.2, 0.25) is 0 Å². The lowest BCUT2D eigenvalue weighted by Gasteiger charge is -2.34. The van der Waals surface area contributed by atoms with Crippen molar-refractivity contribution < 1.29 is 18.0 Å². The third-order valence-corrected chi connectivity index (χ3v) is 8.18. The highest BCUT2D eigenvalue weighted by atomic mass is 32.1. The molecule has 0 radical (unpaired) electrons. The summed E-state index contributed by atoms with van der Waals surface area (Å²) in [6.45, 7) is 6.65. The highest BCUT2D eigenvalue weighted by Gasteiger charge is 2.39. The highest BCUT2D eigenvalue weighted by molar-refractivity contribution is 7.12. The first-order valence-corrected chi connectivity index (χ1v) is 13.1. The lowest BCUT2D eigenvalue weighted by molar-refractivity contribution is -0.141. The zero-order valence-electron chi connectivity index (χ0n) is 22.0. The average molecular weight is 542 g/mol. The van der Waals surface area contributed by atoms with Crippen LogP contribution in [0.15, 0.2) is 48.7 Å². The molecule has 4 rings (SSSR count). The molecule has 0 saturated heterocycles. The minimum Gasteiger partial charge on any atom is -0.333 e. The summed E-state index contributed by atoms with van der Waals surface area (Å²) in [5.41, 5.74) is 0.673. The van der Waals surface area contributed by atoms with Crippen LogP contribution < -0.4 is 0 Å². The van der Waals surface area contributed by atoms with Gasteiger partial charge in [-0.1, -0.05) is 30.3 Å². The van der Waals surface area contributed by atoms with Gasteiger partial charge in [0.15, 0.2) is 5.69 Å². The van der Waals surface area contributed by atoms with Gasteiger partial charge in [0.1, 0.15) is 10.9 Å². The Labute approximate surface area is 224 Å². The Morgan fingerprint density at radius 2 is 1.95 bits per heavy atom. The number of nitriles is 1. The van der Waals surface area contributed by atoms with E-state index in [4.69, 9.17) is 0 Å². The number of likely N-dealkylation sites (N-methyl/N-ethyl adjacent to an activating group) is 1. The van der Waals surface area contributed by atoms with E-state index in [1.54, 1.807) is 48.2 Å². The zero-order chi connectivity index (χ0) is 27.8. The van der Waals surface area contributed by atoms with Crippen molar-refractivity contribution >= 4 is 17.2 Å². The molecule has 10 heteroatoms. The molecule has 3 aromatic rings. The molecule has 1 unspecified atom stereocenters. The molecule has 2 aromatic heterocycles. The van der Waals surface area contributed by atoms with Crippen molar-refractivity contribution in [1.29, 1.82) is 5.26 Å². The van der Waals surface area contributed by atoms with Crippen LogP contribution in [0.1, 0.15) is 53.3 Å². The van der Waals surface area contributed by atoms with E-state index in [0.717, 1.165) is 10.4 Å². The quantitative estimate of drug-likeness (QED) is 0.365. The van der Waals surface area contributed by atoms with Gasteiger partial charge >= 0.3 is 6.18 Å². The van der Waals surface area contributed by atoms with Crippen LogP contribution in [0.3, 0.4) is 0 Å². The number of amides is 1. The summed E-state index contributed by atoms with van der Waals surface area (Å²) >= 11 is 1.32. The molecule has 200 valence electrons. The molecule has 1 atom stereocenters. The minimum atomic E-state index is -4.62. The van der Waals surface area contributed by atoms with Crippen molar-refractivity contribution in [3.05, 3.63) is 75.3 Å². The summed E-state index contributed by atoms with van der Waals surface area (Å²) in [7, 11) is 3.86. The maximum Gasteiger partial charge on any atom is 0.435 e. The first-order valence-electron chi connectivity index (χ1n) is 12.3. The molecule has 38 heavy (non-hydrogen) atoms. The number of hydrogen-bond acceptors (Lipinski definition) is 5. The van der Waals surface area contributed by atoms with E-state index < -0.39 is 17.8 Å². The number of carbonyl (C=O) groups excluding carboxylic acids is 1. The molecule has 1 amide bonds. The monoisotopic (exact) mass is 541 g/mol. The molecule has 1 aliphatic rings. The zero-order valence-corrected chi connectivity index (χ0v) is 22.8. The van der Waals surface area contributed by atoms with Gasteiger partial charge in [-0.3, -0.25) is 9.48 Å². The van der Waals surface area contributed by atoms with Gasteiger partial charge < -0.3 is 9.80 Å². The van der Waals surface area contributed by atoms with Crippen LogP contribution in [0.5, 0.6) is 0 Å². The standard InChI is InChI=1S/C28H30F3N5OS/c1-6-36-16-23(26(33-36)28(29,30)31)20-10-8-7-9-19(20)22-15-35(17-24-21(22)13-18(14-32)38-24)25(37)11-12-27(2,3)34(4)5/h7-13,16,22H,6,15,17H2,1-5H3/b12-11+. The van der Waals surface area contributed by atoms with E-state index >= 15 is 0 Å². The molecule has 0 aliphatic carbocycles. The Balaban J connectivity index is 1.81. The van der Waals surface area contributed by atoms with Gasteiger partial charge in [0.25, 0.3) is 0 Å². The van der Waals surface area contributed by atoms with Crippen molar-refractivity contribution in [2.45, 2.75) is 51.5 Å². The Hall–Kier alpha value is -3.42. The van der Waals surface area contributed by atoms with Crippen LogP contribution in [-0.2, 0) is 24.1 Å². The van der Waals surface area contributed by atoms with E-state index in [2.05, 4.69) is 11.2 Å². The van der Waals surface area contributed by atoms with E-state index in [0.29, 0.717) is 29.1 Å². The second kappa shape index (κ2) is 10.4. The Morgan fingerprint density at radius 1 is 1.24 bits per heavy atom. The number of aromatic nitrogens is 2. The molecule has 0 saturated carbocycles.